The van der Waals surface area contributed by atoms with E-state index in [1.165, 1.54) is 5.56 Å². The highest BCUT2D eigenvalue weighted by Crippen LogP contribution is 2.55. The van der Waals surface area contributed by atoms with Crippen molar-refractivity contribution in [3.63, 3.8) is 0 Å². The van der Waals surface area contributed by atoms with Gasteiger partial charge in [0.25, 0.3) is 0 Å². The van der Waals surface area contributed by atoms with E-state index in [0.717, 1.165) is 359 Å². The Morgan fingerprint density at radius 2 is 0.572 bits per heavy atom. The SMILES string of the molecule is CCCCN(c1nc(NCCCN(CCCN)CCCN(CCCN(CCCNc2nc(N(CCCC)C3CC(C)(C)NC(C)(C)C3)nc(N(CCCC)C3CC(C)(C)NC(C)(C)C3)n2)CCCNc2nc3nc(n2)N(CCCC)C2CC(C)(C)NC4(C2)CC2(CC(CC(C)(C)N2)N3CCCC)C4)Cc2ccccc2)nc(N(CCCC)C2CC(C)(C)NC(C)(C)C2)n1)C1CC(C)(C)NC(C)(C)C1. The van der Waals surface area contributed by atoms with Gasteiger partial charge in [0.2, 0.25) is 53.5 Å². The van der Waals surface area contributed by atoms with Gasteiger partial charge in [0.05, 0.1) is 0 Å². The van der Waals surface area contributed by atoms with Crippen molar-refractivity contribution in [2.24, 2.45) is 5.73 Å². The van der Waals surface area contributed by atoms with Gasteiger partial charge >= 0.3 is 0 Å². The number of hydrogen-bond acceptors (Lipinski definition) is 28. The number of nitrogens with zero attached hydrogens (tertiary/aromatic N) is 18. The highest BCUT2D eigenvalue weighted by molar-refractivity contribution is 5.52. The zero-order valence-electron chi connectivity index (χ0n) is 92.5. The summed E-state index contributed by atoms with van der Waals surface area (Å²) < 4.78 is 0. The van der Waals surface area contributed by atoms with E-state index >= 15 is 0 Å². The molecule has 7 fully saturated rings. The van der Waals surface area contributed by atoms with E-state index in [0.29, 0.717) is 36.5 Å². The van der Waals surface area contributed by atoms with Crippen LogP contribution in [0.2, 0.25) is 0 Å². The standard InChI is InChI=1S/C110H202N28/c1-27-33-62-133(84-68-99(7,8)124-100(9,10)69-84)93-115-90(116-94(121-93)134(63-34-28-2)85-70-101(11,12)125-102(13,14)71-85)112-51-43-55-130(54-42-50-111)58-46-60-132(80-83-48-40-39-41-49-83)61-47-59-131(56-44-52-113-91-117-95(135(64-35-29-3)86-72-103(15,16)126-104(17,18)73-86)122-96(118-91)136(65-36-30-4)87-74-105(19,20)127-106(21,22)75-87)57-45-53-114-92-119-97-123-98(120-92)138(67-38-32-6)89-77-108(25,26)129-110(79-89)81-109(82-110)78-88(76-107(23,24)128-109)137(97)66-37-31-5/h39-41,48-49,84-89,124-129H,27-38,42-47,50-82,111H2,1-26H3,(H,112,115,116,121)(H,113,117,118,122)(H,114,119,120,123). The van der Waals surface area contributed by atoms with Gasteiger partial charge in [-0.3, -0.25) is 4.90 Å². The molecule has 1 aromatic carbocycles. The predicted molar refractivity (Wildman–Crippen MR) is 582 cm³/mol. The molecule has 13 rings (SSSR count). The van der Waals surface area contributed by atoms with E-state index in [4.69, 9.17) is 50.6 Å². The Morgan fingerprint density at radius 1 is 0.297 bits per heavy atom. The third-order valence-corrected chi connectivity index (χ3v) is 31.1. The molecule has 4 aromatic rings. The minimum Gasteiger partial charge on any atom is -0.354 e. The highest BCUT2D eigenvalue weighted by Gasteiger charge is 2.63. The number of nitrogens with one attached hydrogen (secondary N) is 9. The maximum atomic E-state index is 6.42. The first-order valence-corrected chi connectivity index (χ1v) is 55.9. The Morgan fingerprint density at radius 3 is 0.870 bits per heavy atom. The molecule has 11 heterocycles. The first-order chi connectivity index (χ1) is 65.2. The third kappa shape index (κ3) is 32.3. The molecule has 11 N–H and O–H groups in total. The zero-order chi connectivity index (χ0) is 99.8. The molecule has 2 unspecified atom stereocenters. The first-order valence-electron chi connectivity index (χ1n) is 55.9. The zero-order valence-corrected chi connectivity index (χ0v) is 92.5. The maximum Gasteiger partial charge on any atom is 0.232 e. The van der Waals surface area contributed by atoms with Gasteiger partial charge in [-0.25, -0.2) is 0 Å². The topological polar surface area (TPSA) is 279 Å². The minimum absolute atomic E-state index is 0.0337. The van der Waals surface area contributed by atoms with Gasteiger partial charge in [-0.1, -0.05) is 110 Å². The molecule has 6 bridgehead atoms. The molecular formula is C110H202N28. The fourth-order valence-electron chi connectivity index (χ4n) is 27.3. The first kappa shape index (κ1) is 111. The van der Waals surface area contributed by atoms with Gasteiger partial charge in [0.15, 0.2) is 0 Å². The van der Waals surface area contributed by atoms with Crippen molar-refractivity contribution in [2.75, 3.05) is 163 Å². The van der Waals surface area contributed by atoms with E-state index in [-0.39, 0.29) is 90.6 Å². The maximum absolute atomic E-state index is 6.42. The van der Waals surface area contributed by atoms with E-state index in [2.05, 4.69) is 302 Å². The summed E-state index contributed by atoms with van der Waals surface area (Å²) >= 11 is 0. The van der Waals surface area contributed by atoms with Crippen molar-refractivity contribution < 1.29 is 0 Å². The molecular weight excluding hydrogens is 1710 g/mol. The summed E-state index contributed by atoms with van der Waals surface area (Å²) in [5, 5.41) is 36.3. The molecule has 3 aromatic heterocycles. The summed E-state index contributed by atoms with van der Waals surface area (Å²) in [4.78, 5) is 74.0. The lowest BCUT2D eigenvalue weighted by Gasteiger charge is -2.67. The number of nitrogens with two attached hydrogens (primary N) is 1. The van der Waals surface area contributed by atoms with Crippen LogP contribution in [0.3, 0.4) is 0 Å². The summed E-state index contributed by atoms with van der Waals surface area (Å²) in [6.07, 6.45) is 33.5. The smallest absolute Gasteiger partial charge is 0.232 e. The van der Waals surface area contributed by atoms with E-state index in [1.54, 1.807) is 0 Å². The number of rotatable bonds is 54. The fourth-order valence-corrected chi connectivity index (χ4v) is 27.3. The quantitative estimate of drug-likeness (QED) is 0.0184. The lowest BCUT2D eigenvalue weighted by atomic mass is 9.53. The molecule has 0 amide bonds. The number of hydrogen-bond donors (Lipinski definition) is 10. The minimum atomic E-state index is -0.0567. The molecule has 28 heteroatoms. The largest absolute Gasteiger partial charge is 0.354 e. The van der Waals surface area contributed by atoms with Crippen molar-refractivity contribution in [2.45, 2.75) is 495 Å². The molecule has 2 atom stereocenters. The summed E-state index contributed by atoms with van der Waals surface area (Å²) in [5.74, 6) is 6.99. The van der Waals surface area contributed by atoms with Crippen LogP contribution in [-0.4, -0.2) is 280 Å². The van der Waals surface area contributed by atoms with Crippen LogP contribution in [0.5, 0.6) is 0 Å². The lowest BCUT2D eigenvalue weighted by Crippen LogP contribution is -2.80. The van der Waals surface area contributed by atoms with Gasteiger partial charge in [-0.05, 0) is 370 Å². The van der Waals surface area contributed by atoms with Gasteiger partial charge in [0, 0.05) is 168 Å². The van der Waals surface area contributed by atoms with Crippen molar-refractivity contribution in [1.29, 1.82) is 0 Å². The lowest BCUT2D eigenvalue weighted by molar-refractivity contribution is -0.0526. The number of piperidine rings is 6. The molecule has 8 aliphatic heterocycles. The number of anilines is 9. The number of aromatic nitrogens is 9. The van der Waals surface area contributed by atoms with Crippen molar-refractivity contribution in [3.8, 4) is 0 Å². The molecule has 2 spiro atoms. The molecule has 28 nitrogen and oxygen atoms in total. The van der Waals surface area contributed by atoms with Gasteiger partial charge < -0.3 is 92.8 Å². The van der Waals surface area contributed by atoms with Crippen LogP contribution >= 0.6 is 0 Å². The third-order valence-electron chi connectivity index (χ3n) is 31.1. The predicted octanol–water partition coefficient (Wildman–Crippen LogP) is 18.5. The molecule has 9 aliphatic rings. The van der Waals surface area contributed by atoms with E-state index < -0.39 is 0 Å². The fraction of sp³-hybridized carbons (Fsp3) is 0.864. The average molecular weight is 1920 g/mol. The van der Waals surface area contributed by atoms with Crippen molar-refractivity contribution in [1.82, 2.24) is 91.5 Å². The summed E-state index contributed by atoms with van der Waals surface area (Å²) in [6, 6.07) is 12.9. The van der Waals surface area contributed by atoms with Crippen LogP contribution in [0.25, 0.3) is 0 Å². The molecule has 1 saturated carbocycles. The van der Waals surface area contributed by atoms with Gasteiger partial charge in [-0.15, -0.1) is 0 Å². The Bertz CT molecular complexity index is 4060. The second-order valence-corrected chi connectivity index (χ2v) is 51.1. The Hall–Kier alpha value is -5.95. The average Bonchev–Trinajstić information content (AvgIpc) is 0.700. The number of benzene rings is 1. The van der Waals surface area contributed by atoms with Crippen LogP contribution in [0.15, 0.2) is 30.3 Å². The van der Waals surface area contributed by atoms with Crippen molar-refractivity contribution >= 4 is 53.5 Å². The summed E-state index contributed by atoms with van der Waals surface area (Å²) in [5.41, 5.74) is 7.44. The van der Waals surface area contributed by atoms with Crippen LogP contribution < -0.4 is 83.0 Å². The van der Waals surface area contributed by atoms with Crippen LogP contribution in [0.4, 0.5) is 53.5 Å². The summed E-state index contributed by atoms with van der Waals surface area (Å²) in [6.45, 7) is 78.5. The molecule has 138 heavy (non-hydrogen) atoms. The number of unbranched alkanes of at least 4 members (excludes halogenated alkanes) is 6. The van der Waals surface area contributed by atoms with E-state index in [9.17, 15) is 0 Å². The van der Waals surface area contributed by atoms with Crippen molar-refractivity contribution in [3.05, 3.63) is 35.9 Å². The molecule has 782 valence electrons. The van der Waals surface area contributed by atoms with Crippen LogP contribution in [-0.2, 0) is 6.54 Å². The van der Waals surface area contributed by atoms with E-state index in [1.807, 2.05) is 0 Å². The monoisotopic (exact) mass is 1920 g/mol. The summed E-state index contributed by atoms with van der Waals surface area (Å²) in [7, 11) is 0. The second-order valence-electron chi connectivity index (χ2n) is 51.1. The Balaban J connectivity index is 0.803. The Labute approximate surface area is 839 Å². The highest BCUT2D eigenvalue weighted by atomic mass is 15.4. The normalized spacial score (nSPS) is 24.1. The van der Waals surface area contributed by atoms with Crippen LogP contribution in [0, 0.1) is 0 Å². The molecule has 1 aliphatic carbocycles. The van der Waals surface area contributed by atoms with Gasteiger partial charge in [-0.2, -0.15) is 44.9 Å². The second kappa shape index (κ2) is 47.9. The van der Waals surface area contributed by atoms with Gasteiger partial charge in [0.1, 0.15) is 0 Å². The molecule has 0 radical (unpaired) electrons. The van der Waals surface area contributed by atoms with Crippen LogP contribution in [0.1, 0.15) is 391 Å². The Kier molecular flexibility index (Phi) is 38.5. The molecule has 6 saturated heterocycles.